The molecule has 0 aliphatic heterocycles. The highest BCUT2D eigenvalue weighted by atomic mass is 28.3. The lowest BCUT2D eigenvalue weighted by Crippen LogP contribution is -2.26. The maximum absolute atomic E-state index is 10.9. The Hall–Kier alpha value is -0.113. The van der Waals surface area contributed by atoms with E-state index in [4.69, 9.17) is 0 Å². The van der Waals surface area contributed by atoms with Crippen LogP contribution in [0.2, 0.25) is 25.2 Å². The van der Waals surface area contributed by atoms with Gasteiger partial charge in [0.2, 0.25) is 0 Å². The summed E-state index contributed by atoms with van der Waals surface area (Å²) in [5.74, 6) is 0.493. The molecule has 1 saturated carbocycles. The highest BCUT2D eigenvalue weighted by Gasteiger charge is 2.32. The number of ketones is 1. The predicted octanol–water partition coefficient (Wildman–Crippen LogP) is 2.45. The minimum Gasteiger partial charge on any atom is -0.300 e. The summed E-state index contributed by atoms with van der Waals surface area (Å²) in [4.78, 5) is 10.9. The van der Waals surface area contributed by atoms with Gasteiger partial charge in [0.05, 0.1) is 0 Å². The second-order valence-electron chi connectivity index (χ2n) is 4.34. The van der Waals surface area contributed by atoms with Gasteiger partial charge in [0, 0.05) is 20.9 Å². The van der Waals surface area contributed by atoms with Gasteiger partial charge in [0.25, 0.3) is 0 Å². The fourth-order valence-electron chi connectivity index (χ4n) is 1.55. The Balaban J connectivity index is 2.53. The molecule has 1 nitrogen and oxygen atoms in total. The van der Waals surface area contributed by atoms with Crippen molar-refractivity contribution in [3.05, 3.63) is 0 Å². The van der Waals surface area contributed by atoms with E-state index in [1.807, 2.05) is 0 Å². The van der Waals surface area contributed by atoms with Crippen molar-refractivity contribution in [2.75, 3.05) is 0 Å². The van der Waals surface area contributed by atoms with Gasteiger partial charge < -0.3 is 0 Å². The van der Waals surface area contributed by atoms with E-state index in [2.05, 4.69) is 19.6 Å². The number of hydrogen-bond acceptors (Lipinski definition) is 1. The van der Waals surface area contributed by atoms with Crippen LogP contribution < -0.4 is 0 Å². The van der Waals surface area contributed by atoms with E-state index in [0.717, 1.165) is 18.4 Å². The molecule has 10 heavy (non-hydrogen) atoms. The lowest BCUT2D eigenvalue weighted by atomic mass is 10.4. The van der Waals surface area contributed by atoms with Gasteiger partial charge in [-0.25, -0.2) is 0 Å². The van der Waals surface area contributed by atoms with E-state index in [0.29, 0.717) is 5.78 Å². The fourth-order valence-corrected chi connectivity index (χ4v) is 3.40. The van der Waals surface area contributed by atoms with Crippen molar-refractivity contribution in [3.8, 4) is 0 Å². The molecule has 1 atom stereocenters. The molecular weight excluding hydrogens is 140 g/mol. The first-order chi connectivity index (χ1) is 4.50. The first-order valence-electron chi connectivity index (χ1n) is 4.02. The van der Waals surface area contributed by atoms with Crippen LogP contribution in [0.4, 0.5) is 0 Å². The molecule has 0 spiro atoms. The Bertz CT molecular complexity index is 146. The summed E-state index contributed by atoms with van der Waals surface area (Å²) in [6.07, 6.45) is 2.92. The molecule has 58 valence electrons. The smallest absolute Gasteiger partial charge is 0.132 e. The molecule has 1 aliphatic carbocycles. The van der Waals surface area contributed by atoms with Gasteiger partial charge in [-0.05, 0) is 12.0 Å². The van der Waals surface area contributed by atoms with Crippen molar-refractivity contribution in [2.45, 2.75) is 44.4 Å². The third kappa shape index (κ3) is 1.69. The third-order valence-corrected chi connectivity index (χ3v) is 5.41. The van der Waals surface area contributed by atoms with Gasteiger partial charge in [0.1, 0.15) is 5.78 Å². The molecule has 0 aromatic rings. The monoisotopic (exact) mass is 156 g/mol. The second kappa shape index (κ2) is 2.49. The maximum Gasteiger partial charge on any atom is 0.132 e. The molecule has 0 amide bonds. The van der Waals surface area contributed by atoms with Crippen LogP contribution in [-0.2, 0) is 4.79 Å². The summed E-state index contributed by atoms with van der Waals surface area (Å²) in [6.45, 7) is 7.07. The molecule has 0 aromatic heterocycles. The lowest BCUT2D eigenvalue weighted by molar-refractivity contribution is -0.117. The molecule has 0 heterocycles. The fraction of sp³-hybridized carbons (Fsp3) is 0.875. The molecule has 0 saturated heterocycles. The van der Waals surface area contributed by atoms with Crippen molar-refractivity contribution >= 4 is 13.9 Å². The van der Waals surface area contributed by atoms with Gasteiger partial charge in [-0.2, -0.15) is 0 Å². The quantitative estimate of drug-likeness (QED) is 0.533. The molecule has 0 radical (unpaired) electrons. The van der Waals surface area contributed by atoms with Crippen LogP contribution in [-0.4, -0.2) is 13.9 Å². The van der Waals surface area contributed by atoms with Gasteiger partial charge in [0.15, 0.2) is 0 Å². The van der Waals surface area contributed by atoms with Crippen LogP contribution in [0.1, 0.15) is 19.3 Å². The normalized spacial score (nSPS) is 27.5. The van der Waals surface area contributed by atoms with Crippen molar-refractivity contribution in [1.29, 1.82) is 0 Å². The van der Waals surface area contributed by atoms with Crippen molar-refractivity contribution in [3.63, 3.8) is 0 Å². The molecule has 1 rings (SSSR count). The average Bonchev–Trinajstić information content (AvgIpc) is 2.11. The summed E-state index contributed by atoms with van der Waals surface area (Å²) in [7, 11) is -0.987. The minimum absolute atomic E-state index is 0.493. The molecule has 1 aliphatic rings. The largest absolute Gasteiger partial charge is 0.300 e. The van der Waals surface area contributed by atoms with Crippen LogP contribution in [0, 0.1) is 0 Å². The van der Waals surface area contributed by atoms with E-state index in [1.54, 1.807) is 0 Å². The van der Waals surface area contributed by atoms with Crippen LogP contribution in [0.5, 0.6) is 0 Å². The summed E-state index contributed by atoms with van der Waals surface area (Å²) < 4.78 is 0. The number of Topliss-reactive ketones (excluding diaryl/α,β-unsaturated/α-hetero) is 1. The van der Waals surface area contributed by atoms with E-state index < -0.39 is 8.07 Å². The zero-order valence-corrected chi connectivity index (χ0v) is 8.11. The van der Waals surface area contributed by atoms with Crippen LogP contribution in [0.3, 0.4) is 0 Å². The Morgan fingerprint density at radius 2 is 2.00 bits per heavy atom. The first kappa shape index (κ1) is 7.99. The zero-order chi connectivity index (χ0) is 7.78. The average molecular weight is 156 g/mol. The predicted molar refractivity (Wildman–Crippen MR) is 46.0 cm³/mol. The Morgan fingerprint density at radius 1 is 1.40 bits per heavy atom. The van der Waals surface area contributed by atoms with Gasteiger partial charge in [-0.1, -0.05) is 19.6 Å². The second-order valence-corrected chi connectivity index (χ2v) is 9.89. The minimum atomic E-state index is -0.987. The van der Waals surface area contributed by atoms with Crippen LogP contribution >= 0.6 is 0 Å². The van der Waals surface area contributed by atoms with E-state index in [1.165, 1.54) is 6.42 Å². The van der Waals surface area contributed by atoms with Gasteiger partial charge >= 0.3 is 0 Å². The molecule has 0 aromatic carbocycles. The van der Waals surface area contributed by atoms with Gasteiger partial charge in [-0.3, -0.25) is 4.79 Å². The number of carbonyl (C=O) groups excluding carboxylic acids is 1. The number of rotatable bonds is 1. The van der Waals surface area contributed by atoms with E-state index in [9.17, 15) is 4.79 Å². The van der Waals surface area contributed by atoms with E-state index >= 15 is 0 Å². The molecule has 0 N–H and O–H groups in total. The SMILES string of the molecule is C[Si](C)(C)C1CCC(=O)C1. The van der Waals surface area contributed by atoms with Crippen molar-refractivity contribution in [1.82, 2.24) is 0 Å². The molecule has 0 bridgehead atoms. The first-order valence-corrected chi connectivity index (χ1v) is 7.59. The summed E-state index contributed by atoms with van der Waals surface area (Å²) in [6, 6.07) is 0. The number of carbonyl (C=O) groups is 1. The lowest BCUT2D eigenvalue weighted by Gasteiger charge is -2.23. The molecule has 1 unspecified atom stereocenters. The summed E-state index contributed by atoms with van der Waals surface area (Å²) >= 11 is 0. The Kier molecular flexibility index (Phi) is 1.99. The van der Waals surface area contributed by atoms with Crippen LogP contribution in [0.15, 0.2) is 0 Å². The number of hydrogen-bond donors (Lipinski definition) is 0. The highest BCUT2D eigenvalue weighted by Crippen LogP contribution is 2.36. The van der Waals surface area contributed by atoms with Crippen LogP contribution in [0.25, 0.3) is 0 Å². The third-order valence-electron chi connectivity index (χ3n) is 2.47. The Labute approximate surface area is 63.8 Å². The van der Waals surface area contributed by atoms with Crippen molar-refractivity contribution < 1.29 is 4.79 Å². The Morgan fingerprint density at radius 3 is 2.20 bits per heavy atom. The van der Waals surface area contributed by atoms with Gasteiger partial charge in [-0.15, -0.1) is 0 Å². The summed E-state index contributed by atoms with van der Waals surface area (Å²) in [5, 5.41) is 0. The van der Waals surface area contributed by atoms with Crippen molar-refractivity contribution in [2.24, 2.45) is 0 Å². The topological polar surface area (TPSA) is 17.1 Å². The molecule has 2 heteroatoms. The maximum atomic E-state index is 10.9. The highest BCUT2D eigenvalue weighted by molar-refractivity contribution is 6.77. The molecular formula is C8H16OSi. The molecule has 1 fully saturated rings. The standard InChI is InChI=1S/C8H16OSi/c1-10(2,3)8-5-4-7(9)6-8/h8H,4-6H2,1-3H3. The summed E-state index contributed by atoms with van der Waals surface area (Å²) in [5.41, 5.74) is 0.778. The van der Waals surface area contributed by atoms with E-state index in [-0.39, 0.29) is 0 Å². The zero-order valence-electron chi connectivity index (χ0n) is 7.11.